The standard InChI is InChI=1S/C30H36Br2N4O3S2/c1-22-9-11-25(12-10-22)41(37,38)34-33-30(27-26(28(31)40-29(27)32)24-7-3-2-4-8-24)36-17-13-23(14-18-36)21-39-20-19-35-15-5-6-16-35/h2-4,7-12,23,34H,5-6,13-21H2,1H3/b33-30-. The molecule has 1 aromatic heterocycles. The fourth-order valence-corrected chi connectivity index (χ4v) is 9.37. The number of benzene rings is 2. The van der Waals surface area contributed by atoms with Crippen LogP contribution in [0.25, 0.3) is 11.1 Å². The number of hydrazone groups is 1. The van der Waals surface area contributed by atoms with Crippen molar-refractivity contribution in [3.05, 3.63) is 73.3 Å². The number of hydrogen-bond acceptors (Lipinski definition) is 6. The minimum absolute atomic E-state index is 0.185. The number of sulfonamides is 1. The summed E-state index contributed by atoms with van der Waals surface area (Å²) in [4.78, 5) is 7.40. The Bertz CT molecular complexity index is 1430. The van der Waals surface area contributed by atoms with Crippen LogP contribution >= 0.6 is 43.2 Å². The van der Waals surface area contributed by atoms with Crippen molar-refractivity contribution < 1.29 is 13.2 Å². The van der Waals surface area contributed by atoms with Crippen LogP contribution in [0.1, 0.15) is 36.8 Å². The molecule has 2 fully saturated rings. The van der Waals surface area contributed by atoms with Gasteiger partial charge in [0.15, 0.2) is 5.84 Å². The van der Waals surface area contributed by atoms with Gasteiger partial charge in [0.25, 0.3) is 10.0 Å². The van der Waals surface area contributed by atoms with Crippen LogP contribution in [0.2, 0.25) is 0 Å². The van der Waals surface area contributed by atoms with Gasteiger partial charge in [-0.25, -0.2) is 0 Å². The summed E-state index contributed by atoms with van der Waals surface area (Å²) in [6.07, 6.45) is 4.51. The highest BCUT2D eigenvalue weighted by Gasteiger charge is 2.29. The van der Waals surface area contributed by atoms with E-state index in [0.717, 1.165) is 75.5 Å². The summed E-state index contributed by atoms with van der Waals surface area (Å²) < 4.78 is 34.4. The second-order valence-electron chi connectivity index (χ2n) is 10.7. The van der Waals surface area contributed by atoms with Gasteiger partial charge in [0.05, 0.1) is 24.6 Å². The molecule has 0 aliphatic carbocycles. The van der Waals surface area contributed by atoms with E-state index in [4.69, 9.17) is 4.74 Å². The summed E-state index contributed by atoms with van der Waals surface area (Å²) in [5.41, 5.74) is 3.89. The molecule has 5 rings (SSSR count). The van der Waals surface area contributed by atoms with Crippen molar-refractivity contribution in [3.8, 4) is 11.1 Å². The number of rotatable bonds is 10. The average Bonchev–Trinajstić information content (AvgIpc) is 3.60. The quantitative estimate of drug-likeness (QED) is 0.109. The van der Waals surface area contributed by atoms with Gasteiger partial charge in [-0.1, -0.05) is 48.0 Å². The minimum atomic E-state index is -3.85. The lowest BCUT2D eigenvalue weighted by Gasteiger charge is -2.34. The third-order valence-corrected chi connectivity index (χ3v) is 11.5. The Morgan fingerprint density at radius 3 is 2.37 bits per heavy atom. The molecule has 0 unspecified atom stereocenters. The van der Waals surface area contributed by atoms with Gasteiger partial charge >= 0.3 is 0 Å². The fourth-order valence-electron chi connectivity index (χ4n) is 5.36. The van der Waals surface area contributed by atoms with E-state index in [9.17, 15) is 8.42 Å². The first-order valence-electron chi connectivity index (χ1n) is 14.1. The summed E-state index contributed by atoms with van der Waals surface area (Å²) in [6.45, 7) is 8.40. The predicted molar refractivity (Wildman–Crippen MR) is 174 cm³/mol. The molecule has 2 saturated heterocycles. The number of piperidine rings is 1. The highest BCUT2D eigenvalue weighted by atomic mass is 79.9. The van der Waals surface area contributed by atoms with Gasteiger partial charge in [-0.3, -0.25) is 0 Å². The molecule has 2 aliphatic heterocycles. The number of ether oxygens (including phenoxy) is 1. The van der Waals surface area contributed by atoms with Crippen molar-refractivity contribution in [3.63, 3.8) is 0 Å². The predicted octanol–water partition coefficient (Wildman–Crippen LogP) is 6.71. The highest BCUT2D eigenvalue weighted by Crippen LogP contribution is 2.44. The van der Waals surface area contributed by atoms with E-state index in [2.05, 4.69) is 63.7 Å². The van der Waals surface area contributed by atoms with Crippen molar-refractivity contribution in [1.29, 1.82) is 0 Å². The zero-order valence-corrected chi connectivity index (χ0v) is 28.0. The number of halogens is 2. The Labute approximate surface area is 264 Å². The first-order valence-corrected chi connectivity index (χ1v) is 17.9. The van der Waals surface area contributed by atoms with E-state index >= 15 is 0 Å². The maximum atomic E-state index is 13.2. The first-order chi connectivity index (χ1) is 19.8. The van der Waals surface area contributed by atoms with Gasteiger partial charge < -0.3 is 14.5 Å². The highest BCUT2D eigenvalue weighted by molar-refractivity contribution is 9.12. The third kappa shape index (κ3) is 7.80. The number of nitrogens with zero attached hydrogens (tertiary/aromatic N) is 3. The normalized spacial score (nSPS) is 17.3. The molecule has 3 aromatic rings. The van der Waals surface area contributed by atoms with Gasteiger partial charge in [-0.15, -0.1) is 16.4 Å². The van der Waals surface area contributed by atoms with Crippen molar-refractivity contribution in [2.24, 2.45) is 11.0 Å². The van der Waals surface area contributed by atoms with Crippen molar-refractivity contribution in [2.75, 3.05) is 45.9 Å². The molecule has 0 atom stereocenters. The third-order valence-electron chi connectivity index (χ3n) is 7.73. The second kappa shape index (κ2) is 14.1. The summed E-state index contributed by atoms with van der Waals surface area (Å²) in [6, 6.07) is 16.9. The minimum Gasteiger partial charge on any atom is -0.380 e. The number of hydrogen-bond donors (Lipinski definition) is 1. The van der Waals surface area contributed by atoms with Crippen LogP contribution < -0.4 is 4.83 Å². The molecule has 2 aromatic carbocycles. The molecule has 7 nitrogen and oxygen atoms in total. The zero-order chi connectivity index (χ0) is 28.8. The number of amidine groups is 1. The topological polar surface area (TPSA) is 74.2 Å². The maximum Gasteiger partial charge on any atom is 0.276 e. The summed E-state index contributed by atoms with van der Waals surface area (Å²) in [7, 11) is -3.85. The molecule has 0 bridgehead atoms. The van der Waals surface area contributed by atoms with Crippen molar-refractivity contribution in [2.45, 2.75) is 37.5 Å². The summed E-state index contributed by atoms with van der Waals surface area (Å²) in [5, 5.41) is 4.62. The van der Waals surface area contributed by atoms with Crippen molar-refractivity contribution in [1.82, 2.24) is 14.6 Å². The van der Waals surface area contributed by atoms with E-state index in [0.29, 0.717) is 11.8 Å². The SMILES string of the molecule is Cc1ccc(S(=O)(=O)N/N=C(/c2c(Br)sc(Br)c2-c2ccccc2)N2CCC(COCCN3CCCC3)CC2)cc1. The molecule has 0 saturated carbocycles. The molecular weight excluding hydrogens is 688 g/mol. The fraction of sp³-hybridized carbons (Fsp3) is 0.433. The Hall–Kier alpha value is -1.76. The lowest BCUT2D eigenvalue weighted by atomic mass is 9.96. The van der Waals surface area contributed by atoms with E-state index in [-0.39, 0.29) is 4.90 Å². The van der Waals surface area contributed by atoms with Gasteiger partial charge in [0, 0.05) is 31.8 Å². The smallest absolute Gasteiger partial charge is 0.276 e. The zero-order valence-electron chi connectivity index (χ0n) is 23.2. The molecule has 0 spiro atoms. The Balaban J connectivity index is 1.36. The van der Waals surface area contributed by atoms with Gasteiger partial charge in [0.2, 0.25) is 0 Å². The molecule has 41 heavy (non-hydrogen) atoms. The molecule has 2 aliphatic rings. The van der Waals surface area contributed by atoms with Gasteiger partial charge in [-0.2, -0.15) is 13.2 Å². The molecule has 0 radical (unpaired) electrons. The summed E-state index contributed by atoms with van der Waals surface area (Å²) in [5.74, 6) is 1.09. The summed E-state index contributed by atoms with van der Waals surface area (Å²) >= 11 is 9.09. The van der Waals surface area contributed by atoms with E-state index < -0.39 is 10.0 Å². The molecule has 0 amide bonds. The number of likely N-dealkylation sites (tertiary alicyclic amines) is 2. The maximum absolute atomic E-state index is 13.2. The van der Waals surface area contributed by atoms with Crippen LogP contribution in [0.4, 0.5) is 0 Å². The van der Waals surface area contributed by atoms with Gasteiger partial charge in [-0.05, 0) is 101 Å². The van der Waals surface area contributed by atoms with Crippen LogP contribution in [0.3, 0.4) is 0 Å². The molecule has 3 heterocycles. The van der Waals surface area contributed by atoms with Crippen LogP contribution in [-0.2, 0) is 14.8 Å². The molecule has 11 heteroatoms. The van der Waals surface area contributed by atoms with E-state index in [1.54, 1.807) is 35.6 Å². The Morgan fingerprint density at radius 1 is 1.00 bits per heavy atom. The van der Waals surface area contributed by atoms with Crippen LogP contribution in [0.5, 0.6) is 0 Å². The number of aryl methyl sites for hydroxylation is 1. The average molecular weight is 725 g/mol. The monoisotopic (exact) mass is 722 g/mol. The largest absolute Gasteiger partial charge is 0.380 e. The second-order valence-corrected chi connectivity index (χ2v) is 16.0. The molecular formula is C30H36Br2N4O3S2. The van der Waals surface area contributed by atoms with E-state index in [1.165, 1.54) is 25.9 Å². The number of thiophene rings is 1. The van der Waals surface area contributed by atoms with Crippen LogP contribution in [-0.4, -0.2) is 70.0 Å². The van der Waals surface area contributed by atoms with Crippen LogP contribution in [0, 0.1) is 12.8 Å². The van der Waals surface area contributed by atoms with Gasteiger partial charge in [0.1, 0.15) is 0 Å². The van der Waals surface area contributed by atoms with E-state index in [1.807, 2.05) is 25.1 Å². The molecule has 1 N–H and O–H groups in total. The first kappa shape index (κ1) is 30.7. The molecule has 220 valence electrons. The Morgan fingerprint density at radius 2 is 1.68 bits per heavy atom. The lowest BCUT2D eigenvalue weighted by molar-refractivity contribution is 0.0655. The van der Waals surface area contributed by atoms with Crippen molar-refractivity contribution >= 4 is 59.1 Å². The number of nitrogens with one attached hydrogen (secondary N) is 1. The Kier molecular flexibility index (Phi) is 10.6. The van der Waals surface area contributed by atoms with Crippen LogP contribution in [0.15, 0.2) is 72.2 Å². The lowest BCUT2D eigenvalue weighted by Crippen LogP contribution is -2.41.